The molecule has 16 heavy (non-hydrogen) atoms. The summed E-state index contributed by atoms with van der Waals surface area (Å²) >= 11 is 0. The Kier molecular flexibility index (Phi) is 8.25. The number of methoxy groups -OCH3 is 1. The number of hydrogen-bond acceptors (Lipinski definition) is 4. The van der Waals surface area contributed by atoms with Crippen molar-refractivity contribution < 1.29 is 9.47 Å². The van der Waals surface area contributed by atoms with Gasteiger partial charge in [-0.05, 0) is 39.4 Å². The molecule has 0 radical (unpaired) electrons. The van der Waals surface area contributed by atoms with E-state index in [1.54, 1.807) is 7.11 Å². The molecule has 0 amide bonds. The average molecular weight is 230 g/mol. The van der Waals surface area contributed by atoms with Crippen LogP contribution in [0.1, 0.15) is 27.2 Å². The Hall–Kier alpha value is -0.580. The molecule has 0 saturated heterocycles. The topological polar surface area (TPSA) is 56.5 Å². The summed E-state index contributed by atoms with van der Waals surface area (Å²) < 4.78 is 10.6. The van der Waals surface area contributed by atoms with Gasteiger partial charge in [-0.1, -0.05) is 6.92 Å². The van der Waals surface area contributed by atoms with E-state index in [2.05, 4.69) is 18.3 Å². The van der Waals surface area contributed by atoms with Gasteiger partial charge in [-0.25, -0.2) is 0 Å². The minimum Gasteiger partial charge on any atom is -0.497 e. The number of nitrogens with two attached hydrogens (primary N) is 1. The lowest BCUT2D eigenvalue weighted by Crippen LogP contribution is -2.45. The fraction of sp³-hybridized carbons (Fsp3) is 0.833. The van der Waals surface area contributed by atoms with E-state index < -0.39 is 5.54 Å². The number of allylic oxidation sites excluding steroid dienone is 1. The molecule has 1 unspecified atom stereocenters. The molecule has 0 fully saturated rings. The van der Waals surface area contributed by atoms with Gasteiger partial charge in [0.25, 0.3) is 0 Å². The van der Waals surface area contributed by atoms with Crippen LogP contribution >= 0.6 is 0 Å². The zero-order valence-electron chi connectivity index (χ0n) is 11.0. The molecule has 0 saturated carbocycles. The van der Waals surface area contributed by atoms with Gasteiger partial charge in [0.2, 0.25) is 0 Å². The van der Waals surface area contributed by atoms with Crippen LogP contribution in [-0.4, -0.2) is 39.0 Å². The fourth-order valence-corrected chi connectivity index (χ4v) is 1.26. The van der Waals surface area contributed by atoms with Crippen molar-refractivity contribution >= 4 is 0 Å². The van der Waals surface area contributed by atoms with Crippen LogP contribution < -0.4 is 11.1 Å². The first kappa shape index (κ1) is 15.4. The lowest BCUT2D eigenvalue weighted by atomic mass is 10.1. The molecule has 0 aliphatic rings. The number of rotatable bonds is 9. The van der Waals surface area contributed by atoms with Gasteiger partial charge in [0.15, 0.2) is 0 Å². The van der Waals surface area contributed by atoms with E-state index in [0.717, 1.165) is 25.3 Å². The molecular formula is C12H26N2O2. The van der Waals surface area contributed by atoms with Crippen LogP contribution in [0.3, 0.4) is 0 Å². The molecule has 0 aliphatic carbocycles. The van der Waals surface area contributed by atoms with E-state index in [0.29, 0.717) is 13.2 Å². The van der Waals surface area contributed by atoms with Gasteiger partial charge in [0, 0.05) is 7.11 Å². The molecule has 0 aliphatic heterocycles. The van der Waals surface area contributed by atoms with Crippen LogP contribution in [0.15, 0.2) is 11.8 Å². The van der Waals surface area contributed by atoms with Gasteiger partial charge in [-0.3, -0.25) is 0 Å². The molecule has 4 nitrogen and oxygen atoms in total. The van der Waals surface area contributed by atoms with Crippen LogP contribution in [0.4, 0.5) is 0 Å². The first-order chi connectivity index (χ1) is 7.52. The maximum absolute atomic E-state index is 5.96. The first-order valence-corrected chi connectivity index (χ1v) is 5.80. The van der Waals surface area contributed by atoms with Gasteiger partial charge < -0.3 is 20.5 Å². The largest absolute Gasteiger partial charge is 0.497 e. The highest BCUT2D eigenvalue weighted by Crippen LogP contribution is 2.05. The van der Waals surface area contributed by atoms with E-state index in [9.17, 15) is 0 Å². The molecule has 3 N–H and O–H groups in total. The highest BCUT2D eigenvalue weighted by molar-refractivity contribution is 4.90. The summed E-state index contributed by atoms with van der Waals surface area (Å²) in [5, 5.41) is 3.25. The monoisotopic (exact) mass is 230 g/mol. The van der Waals surface area contributed by atoms with Crippen molar-refractivity contribution in [2.45, 2.75) is 32.7 Å². The van der Waals surface area contributed by atoms with Crippen molar-refractivity contribution in [3.05, 3.63) is 11.8 Å². The molecule has 0 spiro atoms. The third-order valence-electron chi connectivity index (χ3n) is 2.11. The summed E-state index contributed by atoms with van der Waals surface area (Å²) in [7, 11) is 1.64. The second kappa shape index (κ2) is 8.56. The summed E-state index contributed by atoms with van der Waals surface area (Å²) in [6, 6.07) is 0. The Morgan fingerprint density at radius 1 is 1.44 bits per heavy atom. The van der Waals surface area contributed by atoms with E-state index >= 15 is 0 Å². The van der Waals surface area contributed by atoms with Crippen molar-refractivity contribution in [1.29, 1.82) is 0 Å². The van der Waals surface area contributed by atoms with Crippen LogP contribution in [0.5, 0.6) is 0 Å². The molecule has 1 atom stereocenters. The highest BCUT2D eigenvalue weighted by atomic mass is 16.5. The molecule has 0 bridgehead atoms. The summed E-state index contributed by atoms with van der Waals surface area (Å²) in [5.41, 5.74) is 5.54. The predicted octanol–water partition coefficient (Wildman–Crippen LogP) is 1.27. The number of nitrogens with one attached hydrogen (secondary N) is 1. The number of hydrogen-bond donors (Lipinski definition) is 2. The molecule has 4 heteroatoms. The smallest absolute Gasteiger partial charge is 0.108 e. The first-order valence-electron chi connectivity index (χ1n) is 5.80. The molecule has 0 aromatic carbocycles. The normalized spacial score (nSPS) is 15.9. The minimum absolute atomic E-state index is 0.425. The fourth-order valence-electron chi connectivity index (χ4n) is 1.26. The maximum Gasteiger partial charge on any atom is 0.108 e. The van der Waals surface area contributed by atoms with Crippen LogP contribution in [0.25, 0.3) is 0 Å². The molecular weight excluding hydrogens is 204 g/mol. The van der Waals surface area contributed by atoms with Crippen molar-refractivity contribution in [1.82, 2.24) is 5.32 Å². The summed E-state index contributed by atoms with van der Waals surface area (Å²) in [6.45, 7) is 8.93. The van der Waals surface area contributed by atoms with E-state index in [1.807, 2.05) is 13.8 Å². The third-order valence-corrected chi connectivity index (χ3v) is 2.11. The summed E-state index contributed by atoms with van der Waals surface area (Å²) in [4.78, 5) is 0. The van der Waals surface area contributed by atoms with Crippen molar-refractivity contribution in [2.24, 2.45) is 5.73 Å². The Morgan fingerprint density at radius 2 is 2.12 bits per heavy atom. The van der Waals surface area contributed by atoms with Gasteiger partial charge in [-0.15, -0.1) is 0 Å². The van der Waals surface area contributed by atoms with Crippen LogP contribution in [-0.2, 0) is 9.47 Å². The lowest BCUT2D eigenvalue weighted by Gasteiger charge is -2.23. The van der Waals surface area contributed by atoms with Crippen molar-refractivity contribution in [2.75, 3.05) is 33.4 Å². The quantitative estimate of drug-likeness (QED) is 0.462. The molecule has 0 heterocycles. The maximum atomic E-state index is 5.96. The van der Waals surface area contributed by atoms with Crippen LogP contribution in [0.2, 0.25) is 0 Å². The zero-order chi connectivity index (χ0) is 12.4. The van der Waals surface area contributed by atoms with Gasteiger partial charge in [0.1, 0.15) is 6.61 Å². The van der Waals surface area contributed by atoms with E-state index in [1.165, 1.54) is 0 Å². The minimum atomic E-state index is -0.425. The van der Waals surface area contributed by atoms with Gasteiger partial charge in [-0.2, -0.15) is 0 Å². The highest BCUT2D eigenvalue weighted by Gasteiger charge is 2.18. The van der Waals surface area contributed by atoms with Crippen LogP contribution in [0, 0.1) is 0 Å². The predicted molar refractivity (Wildman–Crippen MR) is 67.3 cm³/mol. The third kappa shape index (κ3) is 8.71. The molecule has 0 aromatic heterocycles. The molecule has 0 rings (SSSR count). The average Bonchev–Trinajstić information content (AvgIpc) is 2.22. The second-order valence-electron chi connectivity index (χ2n) is 4.33. The lowest BCUT2D eigenvalue weighted by molar-refractivity contribution is 0.0790. The Bertz CT molecular complexity index is 203. The standard InChI is InChI=1S/C12H26N2O2/c1-5-14-8-6-7-11(2)16-10-12(3,13)9-15-4/h7,14H,5-6,8-10,13H2,1-4H3/b11-7-. The molecule has 0 aromatic rings. The Morgan fingerprint density at radius 3 is 2.69 bits per heavy atom. The van der Waals surface area contributed by atoms with Crippen molar-refractivity contribution in [3.63, 3.8) is 0 Å². The molecule has 96 valence electrons. The van der Waals surface area contributed by atoms with E-state index in [-0.39, 0.29) is 0 Å². The second-order valence-corrected chi connectivity index (χ2v) is 4.33. The van der Waals surface area contributed by atoms with Gasteiger partial charge >= 0.3 is 0 Å². The Balaban J connectivity index is 3.74. The van der Waals surface area contributed by atoms with E-state index in [4.69, 9.17) is 15.2 Å². The zero-order valence-corrected chi connectivity index (χ0v) is 11.0. The van der Waals surface area contributed by atoms with Crippen molar-refractivity contribution in [3.8, 4) is 0 Å². The Labute approximate surface area is 99.2 Å². The summed E-state index contributed by atoms with van der Waals surface area (Å²) in [5.74, 6) is 0.922. The summed E-state index contributed by atoms with van der Waals surface area (Å²) in [6.07, 6.45) is 3.05. The van der Waals surface area contributed by atoms with Gasteiger partial charge in [0.05, 0.1) is 17.9 Å². The number of ether oxygens (including phenoxy) is 2. The SMILES string of the molecule is CCNCC/C=C(/C)OCC(C)(N)COC.